The van der Waals surface area contributed by atoms with E-state index in [0.29, 0.717) is 29.3 Å². The van der Waals surface area contributed by atoms with Gasteiger partial charge in [0.15, 0.2) is 11.5 Å². The highest BCUT2D eigenvalue weighted by atomic mass is 19.4. The molecule has 0 aliphatic heterocycles. The Hall–Kier alpha value is -3.62. The monoisotopic (exact) mass is 385 g/mol. The summed E-state index contributed by atoms with van der Waals surface area (Å²) in [6.45, 7) is 0.512. The number of imidazole rings is 1. The van der Waals surface area contributed by atoms with Crippen molar-refractivity contribution >= 4 is 11.5 Å². The van der Waals surface area contributed by atoms with Crippen molar-refractivity contribution < 1.29 is 17.9 Å². The molecule has 0 amide bonds. The Labute approximate surface area is 157 Å². The molecule has 0 bridgehead atoms. The second kappa shape index (κ2) is 7.18. The van der Waals surface area contributed by atoms with Gasteiger partial charge in [-0.2, -0.15) is 0 Å². The molecule has 0 fully saturated rings. The van der Waals surface area contributed by atoms with E-state index < -0.39 is 6.36 Å². The molecule has 0 saturated carbocycles. The molecule has 0 spiro atoms. The van der Waals surface area contributed by atoms with Crippen molar-refractivity contribution in [3.05, 3.63) is 72.9 Å². The van der Waals surface area contributed by atoms with Crippen molar-refractivity contribution in [1.82, 2.24) is 19.4 Å². The van der Waals surface area contributed by atoms with Gasteiger partial charge >= 0.3 is 6.36 Å². The SMILES string of the molecule is FC(F)(F)Oc1cccc(-c2cnc3c(NCc4cccnc4)nccn23)c1. The van der Waals surface area contributed by atoms with Gasteiger partial charge in [-0.1, -0.05) is 18.2 Å². The van der Waals surface area contributed by atoms with Gasteiger partial charge in [0.25, 0.3) is 0 Å². The average molecular weight is 385 g/mol. The van der Waals surface area contributed by atoms with Crippen LogP contribution in [-0.2, 0) is 6.54 Å². The van der Waals surface area contributed by atoms with Crippen molar-refractivity contribution in [1.29, 1.82) is 0 Å². The number of halogens is 3. The van der Waals surface area contributed by atoms with E-state index in [1.165, 1.54) is 18.2 Å². The minimum Gasteiger partial charge on any atom is -0.406 e. The molecule has 1 aromatic carbocycles. The number of rotatable bonds is 5. The van der Waals surface area contributed by atoms with Gasteiger partial charge in [0.05, 0.1) is 11.9 Å². The van der Waals surface area contributed by atoms with Crippen LogP contribution in [0.5, 0.6) is 5.75 Å². The third kappa shape index (κ3) is 3.88. The largest absolute Gasteiger partial charge is 0.573 e. The van der Waals surface area contributed by atoms with E-state index in [2.05, 4.69) is 25.0 Å². The molecule has 3 aromatic heterocycles. The Morgan fingerprint density at radius 1 is 1.04 bits per heavy atom. The molecule has 1 N–H and O–H groups in total. The van der Waals surface area contributed by atoms with Gasteiger partial charge in [0, 0.05) is 36.9 Å². The zero-order valence-electron chi connectivity index (χ0n) is 14.4. The van der Waals surface area contributed by atoms with E-state index in [-0.39, 0.29) is 5.75 Å². The van der Waals surface area contributed by atoms with E-state index >= 15 is 0 Å². The lowest BCUT2D eigenvalue weighted by Crippen LogP contribution is -2.17. The predicted octanol–water partition coefficient (Wildman–Crippen LogP) is 4.30. The summed E-state index contributed by atoms with van der Waals surface area (Å²) in [6, 6.07) is 9.54. The van der Waals surface area contributed by atoms with Crippen LogP contribution in [0.25, 0.3) is 16.9 Å². The summed E-state index contributed by atoms with van der Waals surface area (Å²) in [7, 11) is 0. The molecule has 0 aliphatic carbocycles. The van der Waals surface area contributed by atoms with Crippen molar-refractivity contribution in [2.24, 2.45) is 0 Å². The summed E-state index contributed by atoms with van der Waals surface area (Å²) in [6.07, 6.45) is 3.57. The molecule has 0 atom stereocenters. The molecule has 6 nitrogen and oxygen atoms in total. The Bertz CT molecular complexity index is 1100. The quantitative estimate of drug-likeness (QED) is 0.555. The lowest BCUT2D eigenvalue weighted by atomic mass is 10.1. The number of hydrogen-bond donors (Lipinski definition) is 1. The highest BCUT2D eigenvalue weighted by Gasteiger charge is 2.31. The Morgan fingerprint density at radius 2 is 1.93 bits per heavy atom. The second-order valence-electron chi connectivity index (χ2n) is 5.90. The first kappa shape index (κ1) is 17.8. The molecule has 0 unspecified atom stereocenters. The third-order valence-corrected chi connectivity index (χ3v) is 3.97. The zero-order valence-corrected chi connectivity index (χ0v) is 14.4. The van der Waals surface area contributed by atoms with E-state index in [4.69, 9.17) is 0 Å². The van der Waals surface area contributed by atoms with Gasteiger partial charge in [0.2, 0.25) is 0 Å². The minimum absolute atomic E-state index is 0.288. The minimum atomic E-state index is -4.74. The van der Waals surface area contributed by atoms with Crippen LogP contribution in [0.3, 0.4) is 0 Å². The van der Waals surface area contributed by atoms with Gasteiger partial charge < -0.3 is 10.1 Å². The number of aromatic nitrogens is 4. The summed E-state index contributed by atoms with van der Waals surface area (Å²) in [5.74, 6) is 0.268. The molecule has 0 radical (unpaired) electrons. The van der Waals surface area contributed by atoms with Crippen LogP contribution in [0, 0.1) is 0 Å². The van der Waals surface area contributed by atoms with Gasteiger partial charge in [-0.3, -0.25) is 9.38 Å². The number of pyridine rings is 1. The standard InChI is InChI=1S/C19H14F3N5O/c20-19(21,22)28-15-5-1-4-14(9-15)16-12-26-18-17(24-7-8-27(16)18)25-11-13-3-2-6-23-10-13/h1-10,12H,11H2,(H,24,25). The fourth-order valence-corrected chi connectivity index (χ4v) is 2.80. The summed E-state index contributed by atoms with van der Waals surface area (Å²) in [5, 5.41) is 3.20. The molecular formula is C19H14F3N5O. The van der Waals surface area contributed by atoms with Crippen LogP contribution in [0.15, 0.2) is 67.4 Å². The summed E-state index contributed by atoms with van der Waals surface area (Å²) in [4.78, 5) is 12.7. The molecule has 9 heteroatoms. The number of ether oxygens (including phenoxy) is 1. The van der Waals surface area contributed by atoms with Gasteiger partial charge in [-0.05, 0) is 23.8 Å². The number of anilines is 1. The molecule has 4 aromatic rings. The summed E-state index contributed by atoms with van der Waals surface area (Å²) >= 11 is 0. The van der Waals surface area contributed by atoms with Crippen LogP contribution in [0.2, 0.25) is 0 Å². The number of nitrogens with one attached hydrogen (secondary N) is 1. The Balaban J connectivity index is 1.64. The Morgan fingerprint density at radius 3 is 2.71 bits per heavy atom. The van der Waals surface area contributed by atoms with E-state index in [1.807, 2.05) is 12.1 Å². The van der Waals surface area contributed by atoms with Crippen LogP contribution in [0.1, 0.15) is 5.56 Å². The van der Waals surface area contributed by atoms with E-state index in [1.54, 1.807) is 41.5 Å². The molecule has 142 valence electrons. The highest BCUT2D eigenvalue weighted by molar-refractivity contribution is 5.71. The molecule has 28 heavy (non-hydrogen) atoms. The molecule has 0 saturated heterocycles. The first-order valence-corrected chi connectivity index (χ1v) is 8.31. The normalized spacial score (nSPS) is 11.5. The first-order valence-electron chi connectivity index (χ1n) is 8.31. The highest BCUT2D eigenvalue weighted by Crippen LogP contribution is 2.29. The Kier molecular flexibility index (Phi) is 4.56. The molecular weight excluding hydrogens is 371 g/mol. The number of nitrogens with zero attached hydrogens (tertiary/aromatic N) is 4. The summed E-state index contributed by atoms with van der Waals surface area (Å²) in [5.41, 5.74) is 2.70. The summed E-state index contributed by atoms with van der Waals surface area (Å²) < 4.78 is 43.2. The zero-order chi connectivity index (χ0) is 19.6. The van der Waals surface area contributed by atoms with Crippen molar-refractivity contribution in [3.63, 3.8) is 0 Å². The number of alkyl halides is 3. The lowest BCUT2D eigenvalue weighted by Gasteiger charge is -2.10. The average Bonchev–Trinajstić information content (AvgIpc) is 3.11. The van der Waals surface area contributed by atoms with Crippen molar-refractivity contribution in [3.8, 4) is 17.0 Å². The van der Waals surface area contributed by atoms with Gasteiger partial charge in [-0.25, -0.2) is 9.97 Å². The van der Waals surface area contributed by atoms with Crippen LogP contribution >= 0.6 is 0 Å². The lowest BCUT2D eigenvalue weighted by molar-refractivity contribution is -0.274. The third-order valence-electron chi connectivity index (χ3n) is 3.97. The van der Waals surface area contributed by atoms with Crippen molar-refractivity contribution in [2.45, 2.75) is 12.9 Å². The van der Waals surface area contributed by atoms with Crippen LogP contribution in [0.4, 0.5) is 19.0 Å². The topological polar surface area (TPSA) is 64.3 Å². The van der Waals surface area contributed by atoms with Gasteiger partial charge in [-0.15, -0.1) is 13.2 Å². The van der Waals surface area contributed by atoms with Crippen molar-refractivity contribution in [2.75, 3.05) is 5.32 Å². The molecule has 0 aliphatic rings. The fraction of sp³-hybridized carbons (Fsp3) is 0.105. The second-order valence-corrected chi connectivity index (χ2v) is 5.90. The number of hydrogen-bond acceptors (Lipinski definition) is 5. The van der Waals surface area contributed by atoms with Crippen LogP contribution < -0.4 is 10.1 Å². The maximum Gasteiger partial charge on any atom is 0.573 e. The molecule has 3 heterocycles. The molecule has 4 rings (SSSR count). The van der Waals surface area contributed by atoms with E-state index in [9.17, 15) is 13.2 Å². The smallest absolute Gasteiger partial charge is 0.406 e. The fourth-order valence-electron chi connectivity index (χ4n) is 2.80. The van der Waals surface area contributed by atoms with Crippen LogP contribution in [-0.4, -0.2) is 25.7 Å². The predicted molar refractivity (Wildman–Crippen MR) is 96.7 cm³/mol. The van der Waals surface area contributed by atoms with Gasteiger partial charge in [0.1, 0.15) is 5.75 Å². The maximum atomic E-state index is 12.5. The van der Waals surface area contributed by atoms with E-state index in [0.717, 1.165) is 5.56 Å². The number of fused-ring (bicyclic) bond motifs is 1. The first-order chi connectivity index (χ1) is 13.5. The number of benzene rings is 1. The maximum absolute atomic E-state index is 12.5.